The highest BCUT2D eigenvalue weighted by atomic mass is 32.2. The van der Waals surface area contributed by atoms with Crippen LogP contribution in [0.15, 0.2) is 0 Å². The zero-order valence-corrected chi connectivity index (χ0v) is 21.9. The van der Waals surface area contributed by atoms with E-state index < -0.39 is 0 Å². The van der Waals surface area contributed by atoms with Gasteiger partial charge in [-0.3, -0.25) is 4.79 Å². The summed E-state index contributed by atoms with van der Waals surface area (Å²) in [6.45, 7) is 20.9. The molecular formula is C25H51NO2S. The average molecular weight is 430 g/mol. The molecule has 29 heavy (non-hydrogen) atoms. The van der Waals surface area contributed by atoms with Crippen LogP contribution in [0.4, 0.5) is 0 Å². The van der Waals surface area contributed by atoms with Crippen LogP contribution in [0.2, 0.25) is 0 Å². The Morgan fingerprint density at radius 1 is 0.966 bits per heavy atom. The molecule has 0 aromatic rings. The molecule has 0 saturated heterocycles. The Kier molecular flexibility index (Phi) is 13.9. The van der Waals surface area contributed by atoms with Gasteiger partial charge in [0.15, 0.2) is 0 Å². The predicted octanol–water partition coefficient (Wildman–Crippen LogP) is 7.23. The van der Waals surface area contributed by atoms with Crippen molar-refractivity contribution in [3.05, 3.63) is 0 Å². The highest BCUT2D eigenvalue weighted by Gasteiger charge is 2.31. The molecule has 1 amide bonds. The van der Waals surface area contributed by atoms with Crippen LogP contribution in [0.1, 0.15) is 114 Å². The third-order valence-electron chi connectivity index (χ3n) is 6.22. The average Bonchev–Trinajstić information content (AvgIpc) is 2.66. The second-order valence-corrected chi connectivity index (χ2v) is 11.4. The molecule has 0 unspecified atom stereocenters. The van der Waals surface area contributed by atoms with Gasteiger partial charge in [0.25, 0.3) is 0 Å². The van der Waals surface area contributed by atoms with Gasteiger partial charge in [-0.2, -0.15) is 11.8 Å². The molecule has 0 bridgehead atoms. The van der Waals surface area contributed by atoms with Gasteiger partial charge in [-0.1, -0.05) is 62.3 Å². The summed E-state index contributed by atoms with van der Waals surface area (Å²) in [6, 6.07) is 0. The van der Waals surface area contributed by atoms with Crippen LogP contribution in [0, 0.1) is 11.3 Å². The molecule has 1 N–H and O–H groups in total. The third kappa shape index (κ3) is 12.3. The van der Waals surface area contributed by atoms with E-state index in [0.29, 0.717) is 17.8 Å². The molecule has 0 rings (SSSR count). The lowest BCUT2D eigenvalue weighted by atomic mass is 9.87. The molecule has 0 aliphatic carbocycles. The molecule has 0 aliphatic rings. The van der Waals surface area contributed by atoms with Gasteiger partial charge in [-0.05, 0) is 62.0 Å². The van der Waals surface area contributed by atoms with Crippen molar-refractivity contribution in [3.63, 3.8) is 0 Å². The maximum absolute atomic E-state index is 12.6. The number of carbonyl (C=O) groups is 1. The first kappa shape index (κ1) is 28.8. The fourth-order valence-electron chi connectivity index (χ4n) is 3.64. The van der Waals surface area contributed by atoms with Crippen LogP contribution in [0.5, 0.6) is 0 Å². The number of nitrogens with one attached hydrogen (secondary N) is 1. The summed E-state index contributed by atoms with van der Waals surface area (Å²) >= 11 is 1.88. The predicted molar refractivity (Wildman–Crippen MR) is 131 cm³/mol. The van der Waals surface area contributed by atoms with Crippen LogP contribution in [-0.4, -0.2) is 35.2 Å². The van der Waals surface area contributed by atoms with E-state index in [-0.39, 0.29) is 17.0 Å². The largest absolute Gasteiger partial charge is 0.375 e. The van der Waals surface area contributed by atoms with Crippen LogP contribution >= 0.6 is 11.8 Å². The van der Waals surface area contributed by atoms with E-state index in [4.69, 9.17) is 4.74 Å². The smallest absolute Gasteiger partial charge is 0.221 e. The molecule has 0 spiro atoms. The summed E-state index contributed by atoms with van der Waals surface area (Å²) in [5.41, 5.74) is 0.165. The Balaban J connectivity index is 4.67. The van der Waals surface area contributed by atoms with Crippen molar-refractivity contribution >= 4 is 17.7 Å². The first-order valence-corrected chi connectivity index (χ1v) is 13.1. The topological polar surface area (TPSA) is 38.3 Å². The van der Waals surface area contributed by atoms with Crippen LogP contribution in [0.25, 0.3) is 0 Å². The fraction of sp³-hybridized carbons (Fsp3) is 0.960. The zero-order chi connectivity index (χ0) is 22.6. The van der Waals surface area contributed by atoms with Crippen LogP contribution in [0.3, 0.4) is 0 Å². The van der Waals surface area contributed by atoms with Gasteiger partial charge >= 0.3 is 0 Å². The first-order valence-electron chi connectivity index (χ1n) is 12.0. The number of carbonyl (C=O) groups excluding carboxylic acids is 1. The summed E-state index contributed by atoms with van der Waals surface area (Å²) < 4.78 is 6.50. The fourth-order valence-corrected chi connectivity index (χ4v) is 4.73. The highest BCUT2D eigenvalue weighted by molar-refractivity contribution is 7.99. The van der Waals surface area contributed by atoms with Crippen molar-refractivity contribution in [2.45, 2.75) is 125 Å². The minimum Gasteiger partial charge on any atom is -0.375 e. The third-order valence-corrected chi connectivity index (χ3v) is 7.78. The standard InChI is InChI=1S/C25H51NO2S/c1-10-24(11-2,26-22(27)15-19-29-20-23(7,8)9)17-18-28-25(12-3,13-4)16-14-21(5)6/h21H,10-20H2,1-9H3,(H,26,27). The van der Waals surface area contributed by atoms with E-state index in [1.54, 1.807) is 0 Å². The van der Waals surface area contributed by atoms with E-state index in [1.807, 2.05) is 11.8 Å². The van der Waals surface area contributed by atoms with Gasteiger partial charge in [0, 0.05) is 24.3 Å². The van der Waals surface area contributed by atoms with Gasteiger partial charge in [-0.25, -0.2) is 0 Å². The molecule has 174 valence electrons. The minimum atomic E-state index is -0.142. The van der Waals surface area contributed by atoms with Crippen molar-refractivity contribution in [2.75, 3.05) is 18.1 Å². The lowest BCUT2D eigenvalue weighted by molar-refractivity contribution is -0.123. The van der Waals surface area contributed by atoms with Crippen molar-refractivity contribution in [3.8, 4) is 0 Å². The number of rotatable bonds is 16. The zero-order valence-electron chi connectivity index (χ0n) is 21.1. The summed E-state index contributed by atoms with van der Waals surface area (Å²) in [4.78, 5) is 12.6. The van der Waals surface area contributed by atoms with Gasteiger partial charge < -0.3 is 10.1 Å². The highest BCUT2D eigenvalue weighted by Crippen LogP contribution is 2.30. The van der Waals surface area contributed by atoms with E-state index in [0.717, 1.165) is 56.6 Å². The van der Waals surface area contributed by atoms with E-state index in [2.05, 4.69) is 67.6 Å². The molecule has 0 aliphatic heterocycles. The second-order valence-electron chi connectivity index (χ2n) is 10.3. The van der Waals surface area contributed by atoms with E-state index in [9.17, 15) is 4.79 Å². The summed E-state index contributed by atoms with van der Waals surface area (Å²) in [6.07, 6.45) is 7.83. The van der Waals surface area contributed by atoms with Gasteiger partial charge in [0.1, 0.15) is 0 Å². The number of hydrogen-bond acceptors (Lipinski definition) is 3. The molecule has 3 nitrogen and oxygen atoms in total. The Bertz CT molecular complexity index is 435. The molecule has 0 saturated carbocycles. The van der Waals surface area contributed by atoms with E-state index in [1.165, 1.54) is 6.42 Å². The molecule has 0 aromatic carbocycles. The molecule has 0 atom stereocenters. The SMILES string of the molecule is CCC(CC)(CCOC(CC)(CC)CCC(C)C)NC(=O)CCSCC(C)(C)C. The Morgan fingerprint density at radius 2 is 1.55 bits per heavy atom. The monoisotopic (exact) mass is 429 g/mol. The summed E-state index contributed by atoms with van der Waals surface area (Å²) in [5.74, 6) is 2.88. The van der Waals surface area contributed by atoms with Crippen molar-refractivity contribution < 1.29 is 9.53 Å². The first-order chi connectivity index (χ1) is 13.5. The quantitative estimate of drug-likeness (QED) is 0.263. The lowest BCUT2D eigenvalue weighted by Gasteiger charge is -2.37. The Labute approximate surface area is 186 Å². The Morgan fingerprint density at radius 3 is 2.00 bits per heavy atom. The molecule has 0 fully saturated rings. The van der Waals surface area contributed by atoms with Crippen molar-refractivity contribution in [1.29, 1.82) is 0 Å². The van der Waals surface area contributed by atoms with Crippen molar-refractivity contribution in [2.24, 2.45) is 11.3 Å². The molecule has 0 heterocycles. The van der Waals surface area contributed by atoms with Crippen molar-refractivity contribution in [1.82, 2.24) is 5.32 Å². The second kappa shape index (κ2) is 14.0. The van der Waals surface area contributed by atoms with Crippen LogP contribution < -0.4 is 5.32 Å². The molecule has 4 heteroatoms. The molecule has 0 aromatic heterocycles. The lowest BCUT2D eigenvalue weighted by Crippen LogP contribution is -2.49. The van der Waals surface area contributed by atoms with Gasteiger partial charge in [-0.15, -0.1) is 0 Å². The Hall–Kier alpha value is -0.220. The van der Waals surface area contributed by atoms with Gasteiger partial charge in [0.2, 0.25) is 5.91 Å². The van der Waals surface area contributed by atoms with E-state index >= 15 is 0 Å². The normalized spacial score (nSPS) is 13.2. The maximum atomic E-state index is 12.6. The summed E-state index contributed by atoms with van der Waals surface area (Å²) in [7, 11) is 0. The number of amides is 1. The number of thioether (sulfide) groups is 1. The van der Waals surface area contributed by atoms with Gasteiger partial charge in [0.05, 0.1) is 5.60 Å². The van der Waals surface area contributed by atoms with Crippen LogP contribution in [-0.2, 0) is 9.53 Å². The molecule has 0 radical (unpaired) electrons. The summed E-state index contributed by atoms with van der Waals surface area (Å²) in [5, 5.41) is 3.37. The maximum Gasteiger partial charge on any atom is 0.221 e. The number of hydrogen-bond donors (Lipinski definition) is 1. The minimum absolute atomic E-state index is 0.00883. The number of ether oxygens (including phenoxy) is 1. The molecular weight excluding hydrogens is 378 g/mol.